The third kappa shape index (κ3) is 3.35. The van der Waals surface area contributed by atoms with Crippen LogP contribution >= 0.6 is 15.9 Å². The number of hydrogen-bond donors (Lipinski definition) is 1. The highest BCUT2D eigenvalue weighted by atomic mass is 79.9. The van der Waals surface area contributed by atoms with Gasteiger partial charge in [-0.2, -0.15) is 5.10 Å². The molecule has 0 saturated heterocycles. The third-order valence-corrected chi connectivity index (χ3v) is 4.77. The highest BCUT2D eigenvalue weighted by Gasteiger charge is 2.26. The van der Waals surface area contributed by atoms with Gasteiger partial charge in [0.25, 0.3) is 5.91 Å². The molecule has 0 saturated carbocycles. The Hall–Kier alpha value is -3.01. The summed E-state index contributed by atoms with van der Waals surface area (Å²) in [5.74, 6) is 0.235. The lowest BCUT2D eigenvalue weighted by atomic mass is 10.2. The van der Waals surface area contributed by atoms with E-state index < -0.39 is 5.82 Å². The zero-order valence-corrected chi connectivity index (χ0v) is 15.4. The number of aromatic nitrogens is 4. The van der Waals surface area contributed by atoms with E-state index in [1.54, 1.807) is 17.0 Å². The number of halogens is 2. The lowest BCUT2D eigenvalue weighted by molar-refractivity contribution is 0.0703. The average Bonchev–Trinajstić information content (AvgIpc) is 3.04. The molecule has 0 spiro atoms. The molecule has 8 nitrogen and oxygen atoms in total. The molecule has 1 aliphatic rings. The molecule has 0 unspecified atom stereocenters. The van der Waals surface area contributed by atoms with Gasteiger partial charge >= 0.3 is 5.69 Å². The maximum Gasteiger partial charge on any atom is 0.343 e. The first kappa shape index (κ1) is 17.4. The summed E-state index contributed by atoms with van der Waals surface area (Å²) >= 11 is 3.23. The Morgan fingerprint density at radius 2 is 2.15 bits per heavy atom. The zero-order valence-electron chi connectivity index (χ0n) is 13.9. The molecule has 138 valence electrons. The van der Waals surface area contributed by atoms with Gasteiger partial charge < -0.3 is 9.64 Å². The van der Waals surface area contributed by atoms with Gasteiger partial charge in [0.1, 0.15) is 17.1 Å². The fourth-order valence-corrected chi connectivity index (χ4v) is 3.24. The molecule has 3 heterocycles. The summed E-state index contributed by atoms with van der Waals surface area (Å²) in [5, 5.41) is 6.32. The van der Waals surface area contributed by atoms with Gasteiger partial charge in [0.2, 0.25) is 5.88 Å². The normalized spacial score (nSPS) is 13.3. The van der Waals surface area contributed by atoms with E-state index >= 15 is 0 Å². The summed E-state index contributed by atoms with van der Waals surface area (Å²) in [6.45, 7) is 0.919. The monoisotopic (exact) mass is 433 g/mol. The van der Waals surface area contributed by atoms with Crippen molar-refractivity contribution in [3.63, 3.8) is 0 Å². The van der Waals surface area contributed by atoms with Crippen molar-refractivity contribution >= 4 is 21.8 Å². The standard InChI is InChI=1S/C17H13BrFN5O3/c18-12-8-10(19)3-4-13(12)27-15-11(2-1-5-20-15)16(25)23-6-7-24-14(9-23)21-22-17(24)26/h1-5,8H,6-7,9H2,(H,22,26). The van der Waals surface area contributed by atoms with E-state index in [4.69, 9.17) is 4.74 Å². The molecule has 1 aliphatic heterocycles. The maximum absolute atomic E-state index is 13.3. The van der Waals surface area contributed by atoms with Crippen LogP contribution in [-0.2, 0) is 13.1 Å². The van der Waals surface area contributed by atoms with Crippen LogP contribution in [0.5, 0.6) is 11.6 Å². The number of ether oxygens (including phenoxy) is 1. The first-order valence-electron chi connectivity index (χ1n) is 8.04. The lowest BCUT2D eigenvalue weighted by Crippen LogP contribution is -2.40. The number of carbonyl (C=O) groups is 1. The molecule has 1 amide bonds. The van der Waals surface area contributed by atoms with E-state index in [-0.39, 0.29) is 29.6 Å². The summed E-state index contributed by atoms with van der Waals surface area (Å²) in [4.78, 5) is 30.3. The molecule has 0 fully saturated rings. The Labute approximate surface area is 160 Å². The number of rotatable bonds is 3. The average molecular weight is 434 g/mol. The molecule has 3 aromatic rings. The smallest absolute Gasteiger partial charge is 0.343 e. The van der Waals surface area contributed by atoms with Crippen LogP contribution in [0.2, 0.25) is 0 Å². The van der Waals surface area contributed by atoms with Crippen LogP contribution in [0.25, 0.3) is 0 Å². The fraction of sp³-hybridized carbons (Fsp3) is 0.176. The number of H-pyrrole nitrogens is 1. The summed E-state index contributed by atoms with van der Waals surface area (Å²) < 4.78 is 20.9. The van der Waals surface area contributed by atoms with Gasteiger partial charge in [-0.1, -0.05) is 0 Å². The zero-order chi connectivity index (χ0) is 19.0. The molecule has 4 rings (SSSR count). The second-order valence-corrected chi connectivity index (χ2v) is 6.71. The van der Waals surface area contributed by atoms with Crippen LogP contribution in [0.4, 0.5) is 4.39 Å². The number of aromatic amines is 1. The molecule has 10 heteroatoms. The molecule has 0 radical (unpaired) electrons. The van der Waals surface area contributed by atoms with Crippen LogP contribution in [0, 0.1) is 5.82 Å². The predicted molar refractivity (Wildman–Crippen MR) is 96.0 cm³/mol. The van der Waals surface area contributed by atoms with Gasteiger partial charge in [0.05, 0.1) is 11.0 Å². The first-order chi connectivity index (χ1) is 13.0. The lowest BCUT2D eigenvalue weighted by Gasteiger charge is -2.27. The minimum absolute atomic E-state index is 0.111. The number of amides is 1. The van der Waals surface area contributed by atoms with Gasteiger partial charge in [-0.25, -0.2) is 19.3 Å². The summed E-state index contributed by atoms with van der Waals surface area (Å²) in [6, 6.07) is 7.21. The number of pyridine rings is 1. The topological polar surface area (TPSA) is 93.1 Å². The number of benzene rings is 1. The van der Waals surface area contributed by atoms with Gasteiger partial charge in [-0.05, 0) is 46.3 Å². The van der Waals surface area contributed by atoms with Crippen LogP contribution < -0.4 is 10.4 Å². The van der Waals surface area contributed by atoms with Crippen LogP contribution in [-0.4, -0.2) is 37.1 Å². The van der Waals surface area contributed by atoms with E-state index in [2.05, 4.69) is 31.1 Å². The molecule has 1 N–H and O–H groups in total. The number of nitrogens with one attached hydrogen (secondary N) is 1. The fourth-order valence-electron chi connectivity index (χ4n) is 2.81. The van der Waals surface area contributed by atoms with Crippen molar-refractivity contribution in [1.82, 2.24) is 24.6 Å². The van der Waals surface area contributed by atoms with Gasteiger partial charge in [0, 0.05) is 19.3 Å². The van der Waals surface area contributed by atoms with Crippen molar-refractivity contribution in [2.24, 2.45) is 0 Å². The molecule has 0 bridgehead atoms. The molecule has 27 heavy (non-hydrogen) atoms. The Balaban J connectivity index is 1.61. The molecule has 0 atom stereocenters. The Kier molecular flexibility index (Phi) is 4.48. The highest BCUT2D eigenvalue weighted by molar-refractivity contribution is 9.10. The van der Waals surface area contributed by atoms with Gasteiger partial charge in [-0.15, -0.1) is 0 Å². The molecule has 1 aromatic carbocycles. The van der Waals surface area contributed by atoms with Crippen molar-refractivity contribution in [2.75, 3.05) is 6.54 Å². The van der Waals surface area contributed by atoms with E-state index in [0.29, 0.717) is 29.1 Å². The number of hydrogen-bond acceptors (Lipinski definition) is 5. The Morgan fingerprint density at radius 3 is 2.96 bits per heavy atom. The van der Waals surface area contributed by atoms with Gasteiger partial charge in [-0.3, -0.25) is 9.36 Å². The minimum Gasteiger partial charge on any atom is -0.437 e. The highest BCUT2D eigenvalue weighted by Crippen LogP contribution is 2.31. The van der Waals surface area contributed by atoms with Crippen LogP contribution in [0.15, 0.2) is 45.8 Å². The van der Waals surface area contributed by atoms with Gasteiger partial charge in [0.15, 0.2) is 5.82 Å². The summed E-state index contributed by atoms with van der Waals surface area (Å²) in [7, 11) is 0. The van der Waals surface area contributed by atoms with Crippen molar-refractivity contribution in [3.05, 3.63) is 68.7 Å². The molecule has 2 aromatic heterocycles. The first-order valence-corrected chi connectivity index (χ1v) is 8.83. The Bertz CT molecular complexity index is 1080. The van der Waals surface area contributed by atoms with Crippen molar-refractivity contribution in [3.8, 4) is 11.6 Å². The molecular formula is C17H13BrFN5O3. The second kappa shape index (κ2) is 6.95. The third-order valence-electron chi connectivity index (χ3n) is 4.15. The number of carbonyl (C=O) groups excluding carboxylic acids is 1. The summed E-state index contributed by atoms with van der Waals surface area (Å²) in [6.07, 6.45) is 1.51. The SMILES string of the molecule is O=C(c1cccnc1Oc1ccc(F)cc1Br)N1CCn2c(n[nH]c2=O)C1. The minimum atomic E-state index is -0.412. The Morgan fingerprint density at radius 1 is 1.30 bits per heavy atom. The van der Waals surface area contributed by atoms with E-state index in [1.807, 2.05) is 0 Å². The largest absolute Gasteiger partial charge is 0.437 e. The van der Waals surface area contributed by atoms with E-state index in [9.17, 15) is 14.0 Å². The van der Waals surface area contributed by atoms with E-state index in [1.165, 1.54) is 29.0 Å². The summed E-state index contributed by atoms with van der Waals surface area (Å²) in [5.41, 5.74) is -0.0243. The van der Waals surface area contributed by atoms with E-state index in [0.717, 1.165) is 0 Å². The van der Waals surface area contributed by atoms with Crippen LogP contribution in [0.1, 0.15) is 16.2 Å². The van der Waals surface area contributed by atoms with Crippen molar-refractivity contribution in [2.45, 2.75) is 13.1 Å². The predicted octanol–water partition coefficient (Wildman–Crippen LogP) is 2.32. The molecular weight excluding hydrogens is 421 g/mol. The quantitative estimate of drug-likeness (QED) is 0.683. The second-order valence-electron chi connectivity index (χ2n) is 5.86. The molecule has 0 aliphatic carbocycles. The van der Waals surface area contributed by atoms with Crippen molar-refractivity contribution in [1.29, 1.82) is 0 Å². The van der Waals surface area contributed by atoms with Crippen LogP contribution in [0.3, 0.4) is 0 Å². The number of nitrogens with zero attached hydrogens (tertiary/aromatic N) is 4. The maximum atomic E-state index is 13.3. The number of fused-ring (bicyclic) bond motifs is 1. The van der Waals surface area contributed by atoms with Crippen molar-refractivity contribution < 1.29 is 13.9 Å².